The molecule has 0 atom stereocenters. The Kier molecular flexibility index (Phi) is 5.99. The van der Waals surface area contributed by atoms with Gasteiger partial charge in [0.2, 0.25) is 11.7 Å². The van der Waals surface area contributed by atoms with Crippen LogP contribution in [0, 0.1) is 0 Å². The van der Waals surface area contributed by atoms with Crippen LogP contribution in [0.25, 0.3) is 10.9 Å². The van der Waals surface area contributed by atoms with E-state index in [-0.39, 0.29) is 28.0 Å². The lowest BCUT2D eigenvalue weighted by atomic mass is 10.2. The molecule has 3 aromatic rings. The van der Waals surface area contributed by atoms with Crippen LogP contribution in [0.4, 0.5) is 13.2 Å². The molecule has 0 saturated heterocycles. The highest BCUT2D eigenvalue weighted by Crippen LogP contribution is 2.32. The lowest BCUT2D eigenvalue weighted by Crippen LogP contribution is -2.18. The monoisotopic (exact) mass is 425 g/mol. The fraction of sp³-hybridized carbons (Fsp3) is 0.222. The van der Waals surface area contributed by atoms with Crippen LogP contribution in [-0.2, 0) is 17.5 Å². The predicted octanol–water partition coefficient (Wildman–Crippen LogP) is 4.32. The van der Waals surface area contributed by atoms with Gasteiger partial charge in [-0.05, 0) is 18.2 Å². The van der Waals surface area contributed by atoms with E-state index in [0.717, 1.165) is 16.6 Å². The summed E-state index contributed by atoms with van der Waals surface area (Å²) in [5.41, 5.74) is 0.175. The number of amides is 1. The van der Waals surface area contributed by atoms with E-state index < -0.39 is 12.0 Å². The molecule has 0 fully saturated rings. The van der Waals surface area contributed by atoms with Gasteiger partial charge in [0.15, 0.2) is 5.78 Å². The molecule has 0 saturated carbocycles. The topological polar surface area (TPSA) is 72.0 Å². The maximum absolute atomic E-state index is 13.1. The van der Waals surface area contributed by atoms with Crippen molar-refractivity contribution in [3.63, 3.8) is 0 Å². The number of halogens is 3. The average Bonchev–Trinajstić information content (AvgIpc) is 3.12. The molecule has 2 heterocycles. The quantitative estimate of drug-likeness (QED) is 0.362. The first-order valence-electron chi connectivity index (χ1n) is 8.07. The summed E-state index contributed by atoms with van der Waals surface area (Å²) in [7, 11) is 0. The first-order chi connectivity index (χ1) is 13.2. The van der Waals surface area contributed by atoms with Crippen molar-refractivity contribution in [3.8, 4) is 0 Å². The molecule has 0 unspecified atom stereocenters. The van der Waals surface area contributed by atoms with Gasteiger partial charge in [0, 0.05) is 17.2 Å². The molecule has 3 rings (SSSR count). The van der Waals surface area contributed by atoms with Crippen molar-refractivity contribution < 1.29 is 22.8 Å². The van der Waals surface area contributed by atoms with E-state index in [9.17, 15) is 22.8 Å². The zero-order chi connectivity index (χ0) is 20.3. The number of fused-ring (bicyclic) bond motifs is 1. The van der Waals surface area contributed by atoms with Gasteiger partial charge in [-0.2, -0.15) is 13.2 Å². The first-order valence-corrected chi connectivity index (χ1v) is 9.87. The molecule has 28 heavy (non-hydrogen) atoms. The summed E-state index contributed by atoms with van der Waals surface area (Å²) in [6.45, 7) is 1.73. The third kappa shape index (κ3) is 4.87. The number of thioether (sulfide) groups is 1. The largest absolute Gasteiger partial charge is 0.451 e. The standard InChI is InChI=1S/C18H14F3N3O2S2/c1-10(25)22-8-11-6-7-15(28-11)14(26)9-27-16-12-4-2-3-5-13(12)23-17(24-16)18(19,20)21/h2-7H,8-9H2,1H3,(H,22,25). The number of hydrogen-bond acceptors (Lipinski definition) is 6. The van der Waals surface area contributed by atoms with E-state index in [1.807, 2.05) is 0 Å². The van der Waals surface area contributed by atoms with Crippen LogP contribution < -0.4 is 5.32 Å². The van der Waals surface area contributed by atoms with E-state index in [1.165, 1.54) is 24.3 Å². The van der Waals surface area contributed by atoms with Gasteiger partial charge in [-0.15, -0.1) is 11.3 Å². The summed E-state index contributed by atoms with van der Waals surface area (Å²) in [6, 6.07) is 9.75. The Bertz CT molecular complexity index is 1030. The van der Waals surface area contributed by atoms with E-state index in [0.29, 0.717) is 16.8 Å². The number of carbonyl (C=O) groups is 2. The fourth-order valence-corrected chi connectivity index (χ4v) is 4.20. The number of carbonyl (C=O) groups excluding carboxylic acids is 2. The number of thiophene rings is 1. The summed E-state index contributed by atoms with van der Waals surface area (Å²) in [4.78, 5) is 31.9. The van der Waals surface area contributed by atoms with Crippen molar-refractivity contribution in [2.75, 3.05) is 5.75 Å². The second-order valence-corrected chi connectivity index (χ2v) is 7.89. The van der Waals surface area contributed by atoms with Gasteiger partial charge in [-0.3, -0.25) is 9.59 Å². The Balaban J connectivity index is 1.77. The number of nitrogens with one attached hydrogen (secondary N) is 1. The Hall–Kier alpha value is -2.46. The van der Waals surface area contributed by atoms with Gasteiger partial charge >= 0.3 is 6.18 Å². The highest BCUT2D eigenvalue weighted by atomic mass is 32.2. The molecule has 146 valence electrons. The first kappa shape index (κ1) is 20.3. The Morgan fingerprint density at radius 1 is 1.14 bits per heavy atom. The van der Waals surface area contributed by atoms with Crippen molar-refractivity contribution in [2.45, 2.75) is 24.7 Å². The van der Waals surface area contributed by atoms with Crippen LogP contribution in [0.3, 0.4) is 0 Å². The van der Waals surface area contributed by atoms with Gasteiger partial charge in [0.1, 0.15) is 5.03 Å². The number of ketones is 1. The summed E-state index contributed by atoms with van der Waals surface area (Å²) < 4.78 is 39.2. The molecule has 10 heteroatoms. The maximum Gasteiger partial charge on any atom is 0.451 e. The van der Waals surface area contributed by atoms with E-state index in [4.69, 9.17) is 0 Å². The lowest BCUT2D eigenvalue weighted by molar-refractivity contribution is -0.145. The summed E-state index contributed by atoms with van der Waals surface area (Å²) in [6.07, 6.45) is -4.67. The molecule has 2 aromatic heterocycles. The van der Waals surface area contributed by atoms with Gasteiger partial charge in [0.25, 0.3) is 0 Å². The van der Waals surface area contributed by atoms with E-state index in [1.54, 1.807) is 30.3 Å². The molecular weight excluding hydrogens is 411 g/mol. The Morgan fingerprint density at radius 3 is 2.61 bits per heavy atom. The molecule has 0 aliphatic rings. The van der Waals surface area contributed by atoms with E-state index in [2.05, 4.69) is 15.3 Å². The molecule has 1 amide bonds. The molecule has 1 aromatic carbocycles. The number of para-hydroxylation sites is 1. The zero-order valence-corrected chi connectivity index (χ0v) is 16.2. The Morgan fingerprint density at radius 2 is 1.89 bits per heavy atom. The molecule has 1 N–H and O–H groups in total. The highest BCUT2D eigenvalue weighted by molar-refractivity contribution is 8.00. The smallest absolute Gasteiger partial charge is 0.351 e. The molecular formula is C18H14F3N3O2S2. The third-order valence-corrected chi connectivity index (χ3v) is 5.73. The number of alkyl halides is 3. The number of benzene rings is 1. The number of Topliss-reactive ketones (excluding diaryl/α,β-unsaturated/α-hetero) is 1. The van der Waals surface area contributed by atoms with Crippen LogP contribution in [-0.4, -0.2) is 27.4 Å². The summed E-state index contributed by atoms with van der Waals surface area (Å²) >= 11 is 2.19. The number of rotatable bonds is 6. The molecule has 0 aliphatic heterocycles. The minimum atomic E-state index is -4.67. The number of aromatic nitrogens is 2. The zero-order valence-electron chi connectivity index (χ0n) is 14.5. The summed E-state index contributed by atoms with van der Waals surface area (Å²) in [5.74, 6) is -1.68. The Labute approximate surface area is 166 Å². The molecule has 0 aliphatic carbocycles. The number of hydrogen-bond donors (Lipinski definition) is 1. The second-order valence-electron chi connectivity index (χ2n) is 5.75. The maximum atomic E-state index is 13.1. The van der Waals surface area contributed by atoms with Crippen molar-refractivity contribution in [1.29, 1.82) is 0 Å². The fourth-order valence-electron chi connectivity index (χ4n) is 2.32. The van der Waals surface area contributed by atoms with Crippen molar-refractivity contribution >= 4 is 45.7 Å². The van der Waals surface area contributed by atoms with Crippen molar-refractivity contribution in [2.24, 2.45) is 0 Å². The van der Waals surface area contributed by atoms with Crippen LogP contribution >= 0.6 is 23.1 Å². The van der Waals surface area contributed by atoms with Crippen LogP contribution in [0.1, 0.15) is 27.3 Å². The average molecular weight is 425 g/mol. The lowest BCUT2D eigenvalue weighted by Gasteiger charge is -2.10. The second kappa shape index (κ2) is 8.27. The normalized spacial score (nSPS) is 11.6. The van der Waals surface area contributed by atoms with Crippen LogP contribution in [0.15, 0.2) is 41.4 Å². The van der Waals surface area contributed by atoms with Crippen molar-refractivity contribution in [3.05, 3.63) is 52.0 Å². The molecule has 0 bridgehead atoms. The predicted molar refractivity (Wildman–Crippen MR) is 101 cm³/mol. The van der Waals surface area contributed by atoms with Gasteiger partial charge in [-0.25, -0.2) is 9.97 Å². The van der Waals surface area contributed by atoms with Gasteiger partial charge in [-0.1, -0.05) is 30.0 Å². The highest BCUT2D eigenvalue weighted by Gasteiger charge is 2.35. The third-order valence-electron chi connectivity index (χ3n) is 3.61. The van der Waals surface area contributed by atoms with Crippen LogP contribution in [0.5, 0.6) is 0 Å². The minimum Gasteiger partial charge on any atom is -0.351 e. The van der Waals surface area contributed by atoms with Crippen molar-refractivity contribution in [1.82, 2.24) is 15.3 Å². The number of nitrogens with zero attached hydrogens (tertiary/aromatic N) is 2. The van der Waals surface area contributed by atoms with Gasteiger partial charge < -0.3 is 5.32 Å². The molecule has 0 radical (unpaired) electrons. The molecule has 0 spiro atoms. The molecule has 5 nitrogen and oxygen atoms in total. The summed E-state index contributed by atoms with van der Waals surface area (Å²) in [5, 5.41) is 3.22. The van der Waals surface area contributed by atoms with Gasteiger partial charge in [0.05, 0.1) is 22.7 Å². The van der Waals surface area contributed by atoms with Crippen LogP contribution in [0.2, 0.25) is 0 Å². The minimum absolute atomic E-state index is 0.0571. The SMILES string of the molecule is CC(=O)NCc1ccc(C(=O)CSc2nc(C(F)(F)F)nc3ccccc23)s1. The van der Waals surface area contributed by atoms with E-state index >= 15 is 0 Å².